The van der Waals surface area contributed by atoms with Crippen LogP contribution in [-0.4, -0.2) is 24.0 Å². The van der Waals surface area contributed by atoms with Crippen LogP contribution in [0.1, 0.15) is 37.3 Å². The van der Waals surface area contributed by atoms with Crippen LogP contribution in [0.5, 0.6) is 0 Å². The highest BCUT2D eigenvalue weighted by Crippen LogP contribution is 2.37. The van der Waals surface area contributed by atoms with E-state index >= 15 is 0 Å². The van der Waals surface area contributed by atoms with Gasteiger partial charge in [0.2, 0.25) is 0 Å². The number of likely N-dealkylation sites (tertiary alicyclic amines) is 1. The number of fused-ring (bicyclic) bond motifs is 2. The summed E-state index contributed by atoms with van der Waals surface area (Å²) in [5, 5.41) is 0. The normalized spacial score (nSPS) is 28.8. The van der Waals surface area contributed by atoms with E-state index in [0.29, 0.717) is 0 Å². The van der Waals surface area contributed by atoms with Gasteiger partial charge in [-0.1, -0.05) is 12.1 Å². The maximum atomic E-state index is 13.1. The van der Waals surface area contributed by atoms with E-state index < -0.39 is 0 Å². The lowest BCUT2D eigenvalue weighted by Crippen LogP contribution is -2.34. The summed E-state index contributed by atoms with van der Waals surface area (Å²) in [7, 11) is 0. The zero-order valence-electron chi connectivity index (χ0n) is 10.7. The number of nitrogens with zero attached hydrogens (tertiary/aromatic N) is 1. The summed E-state index contributed by atoms with van der Waals surface area (Å²) in [6.07, 6.45) is 5.08. The second-order valence-electron chi connectivity index (χ2n) is 5.78. The minimum Gasteiger partial charge on any atom is -0.324 e. The van der Waals surface area contributed by atoms with E-state index in [1.807, 2.05) is 6.07 Å². The molecule has 3 unspecified atom stereocenters. The molecule has 2 nitrogen and oxygen atoms in total. The first-order valence-corrected chi connectivity index (χ1v) is 6.97. The van der Waals surface area contributed by atoms with Crippen LogP contribution in [0, 0.1) is 11.7 Å². The SMILES string of the molecule is NC(CCN1CC2CCC1C2)c1cccc(F)c1. The lowest BCUT2D eigenvalue weighted by atomic mass is 10.0. The molecular formula is C15H21FN2. The van der Waals surface area contributed by atoms with Gasteiger partial charge in [-0.25, -0.2) is 4.39 Å². The fourth-order valence-corrected chi connectivity index (χ4v) is 3.51. The Bertz CT molecular complexity index is 421. The molecule has 2 fully saturated rings. The molecule has 1 saturated carbocycles. The maximum absolute atomic E-state index is 13.1. The number of hydrogen-bond acceptors (Lipinski definition) is 2. The topological polar surface area (TPSA) is 29.3 Å². The van der Waals surface area contributed by atoms with Gasteiger partial charge in [0.1, 0.15) is 5.82 Å². The summed E-state index contributed by atoms with van der Waals surface area (Å²) in [5.74, 6) is 0.739. The Labute approximate surface area is 108 Å². The zero-order valence-corrected chi connectivity index (χ0v) is 10.7. The highest BCUT2D eigenvalue weighted by Gasteiger charge is 2.37. The smallest absolute Gasteiger partial charge is 0.123 e. The van der Waals surface area contributed by atoms with Gasteiger partial charge >= 0.3 is 0 Å². The maximum Gasteiger partial charge on any atom is 0.123 e. The molecule has 2 bridgehead atoms. The highest BCUT2D eigenvalue weighted by atomic mass is 19.1. The molecule has 3 rings (SSSR count). The summed E-state index contributed by atoms with van der Waals surface area (Å²) in [4.78, 5) is 2.58. The summed E-state index contributed by atoms with van der Waals surface area (Å²) >= 11 is 0. The van der Waals surface area contributed by atoms with Crippen molar-refractivity contribution in [3.8, 4) is 0 Å². The Kier molecular flexibility index (Phi) is 3.35. The highest BCUT2D eigenvalue weighted by molar-refractivity contribution is 5.19. The van der Waals surface area contributed by atoms with E-state index in [4.69, 9.17) is 5.73 Å². The first kappa shape index (κ1) is 12.1. The first-order valence-electron chi connectivity index (χ1n) is 6.97. The van der Waals surface area contributed by atoms with Crippen LogP contribution < -0.4 is 5.73 Å². The van der Waals surface area contributed by atoms with Crippen LogP contribution in [0.4, 0.5) is 4.39 Å². The van der Waals surface area contributed by atoms with E-state index in [1.165, 1.54) is 31.9 Å². The van der Waals surface area contributed by atoms with Crippen LogP contribution in [0.25, 0.3) is 0 Å². The molecule has 3 heteroatoms. The lowest BCUT2D eigenvalue weighted by molar-refractivity contribution is 0.206. The Hall–Kier alpha value is -0.930. The molecule has 2 N–H and O–H groups in total. The van der Waals surface area contributed by atoms with Gasteiger partial charge in [0.05, 0.1) is 0 Å². The average Bonchev–Trinajstić information content (AvgIpc) is 2.98. The number of hydrogen-bond donors (Lipinski definition) is 1. The second-order valence-corrected chi connectivity index (χ2v) is 5.78. The van der Waals surface area contributed by atoms with Gasteiger partial charge in [0.25, 0.3) is 0 Å². The molecule has 0 aromatic heterocycles. The lowest BCUT2D eigenvalue weighted by Gasteiger charge is -2.27. The number of nitrogens with two attached hydrogens (primary N) is 1. The van der Waals surface area contributed by atoms with Gasteiger partial charge in [-0.15, -0.1) is 0 Å². The van der Waals surface area contributed by atoms with Crippen molar-refractivity contribution >= 4 is 0 Å². The van der Waals surface area contributed by atoms with Crippen LogP contribution in [0.2, 0.25) is 0 Å². The monoisotopic (exact) mass is 248 g/mol. The molecule has 3 atom stereocenters. The van der Waals surface area contributed by atoms with Crippen LogP contribution in [0.15, 0.2) is 24.3 Å². The number of piperidine rings is 1. The molecule has 1 aliphatic heterocycles. The van der Waals surface area contributed by atoms with Crippen LogP contribution in [-0.2, 0) is 0 Å². The Morgan fingerprint density at radius 2 is 2.28 bits per heavy atom. The summed E-state index contributed by atoms with van der Waals surface area (Å²) < 4.78 is 13.1. The third-order valence-corrected chi connectivity index (χ3v) is 4.53. The van der Waals surface area contributed by atoms with Gasteiger partial charge in [0, 0.05) is 25.2 Å². The van der Waals surface area contributed by atoms with Crippen LogP contribution >= 0.6 is 0 Å². The van der Waals surface area contributed by atoms with Crippen molar-refractivity contribution in [3.63, 3.8) is 0 Å². The van der Waals surface area contributed by atoms with Gasteiger partial charge in [-0.05, 0) is 49.3 Å². The van der Waals surface area contributed by atoms with Gasteiger partial charge < -0.3 is 10.6 Å². The Morgan fingerprint density at radius 1 is 1.39 bits per heavy atom. The summed E-state index contributed by atoms with van der Waals surface area (Å²) in [5.41, 5.74) is 7.06. The molecule has 1 aromatic rings. The van der Waals surface area contributed by atoms with E-state index in [0.717, 1.165) is 30.5 Å². The van der Waals surface area contributed by atoms with Crippen molar-refractivity contribution in [2.75, 3.05) is 13.1 Å². The summed E-state index contributed by atoms with van der Waals surface area (Å²) in [6.45, 7) is 2.30. The quantitative estimate of drug-likeness (QED) is 0.887. The van der Waals surface area contributed by atoms with Crippen LogP contribution in [0.3, 0.4) is 0 Å². The van der Waals surface area contributed by atoms with E-state index in [1.54, 1.807) is 12.1 Å². The zero-order chi connectivity index (χ0) is 12.5. The van der Waals surface area contributed by atoms with Crippen molar-refractivity contribution in [1.29, 1.82) is 0 Å². The standard InChI is InChI=1S/C15H21FN2/c16-13-3-1-2-12(9-13)15(17)6-7-18-10-11-4-5-14(18)8-11/h1-3,9,11,14-15H,4-8,10,17H2. The summed E-state index contributed by atoms with van der Waals surface area (Å²) in [6, 6.07) is 7.44. The third kappa shape index (κ3) is 2.43. The number of rotatable bonds is 4. The Morgan fingerprint density at radius 3 is 2.94 bits per heavy atom. The van der Waals surface area contributed by atoms with Crippen molar-refractivity contribution in [2.24, 2.45) is 11.7 Å². The largest absolute Gasteiger partial charge is 0.324 e. The number of benzene rings is 1. The second kappa shape index (κ2) is 4.98. The molecule has 2 aliphatic rings. The van der Waals surface area contributed by atoms with E-state index in [9.17, 15) is 4.39 Å². The van der Waals surface area contributed by atoms with E-state index in [2.05, 4.69) is 4.90 Å². The minimum atomic E-state index is -0.192. The van der Waals surface area contributed by atoms with Crippen molar-refractivity contribution < 1.29 is 4.39 Å². The molecule has 0 radical (unpaired) electrons. The average molecular weight is 248 g/mol. The van der Waals surface area contributed by atoms with Crippen molar-refractivity contribution in [3.05, 3.63) is 35.6 Å². The van der Waals surface area contributed by atoms with Gasteiger partial charge in [-0.3, -0.25) is 0 Å². The molecule has 0 spiro atoms. The fraction of sp³-hybridized carbons (Fsp3) is 0.600. The molecular weight excluding hydrogens is 227 g/mol. The fourth-order valence-electron chi connectivity index (χ4n) is 3.51. The predicted octanol–water partition coefficient (Wildman–Crippen LogP) is 2.70. The molecule has 1 aromatic carbocycles. The molecule has 1 saturated heterocycles. The van der Waals surface area contributed by atoms with Crippen molar-refractivity contribution in [1.82, 2.24) is 4.90 Å². The third-order valence-electron chi connectivity index (χ3n) is 4.53. The molecule has 18 heavy (non-hydrogen) atoms. The molecule has 1 heterocycles. The van der Waals surface area contributed by atoms with Gasteiger partial charge in [0.15, 0.2) is 0 Å². The molecule has 0 amide bonds. The predicted molar refractivity (Wildman–Crippen MR) is 70.6 cm³/mol. The van der Waals surface area contributed by atoms with E-state index in [-0.39, 0.29) is 11.9 Å². The Balaban J connectivity index is 1.54. The molecule has 1 aliphatic carbocycles. The molecule has 98 valence electrons. The number of halogens is 1. The van der Waals surface area contributed by atoms with Gasteiger partial charge in [-0.2, -0.15) is 0 Å². The minimum absolute atomic E-state index is 0.0418. The first-order chi connectivity index (χ1) is 8.72. The van der Waals surface area contributed by atoms with Crippen molar-refractivity contribution in [2.45, 2.75) is 37.8 Å².